The molecule has 0 bridgehead atoms. The molecule has 1 aromatic rings. The van der Waals surface area contributed by atoms with Crippen LogP contribution in [0.1, 0.15) is 11.7 Å². The van der Waals surface area contributed by atoms with Crippen molar-refractivity contribution < 1.29 is 23.0 Å². The number of hydrogen-bond acceptors (Lipinski definition) is 5. The average molecular weight is 258 g/mol. The summed E-state index contributed by atoms with van der Waals surface area (Å²) in [7, 11) is -3.21. The van der Waals surface area contributed by atoms with E-state index in [1.807, 2.05) is 0 Å². The van der Waals surface area contributed by atoms with Gasteiger partial charge < -0.3 is 14.6 Å². The Bertz CT molecular complexity index is 509. The monoisotopic (exact) mass is 258 g/mol. The van der Waals surface area contributed by atoms with Crippen molar-refractivity contribution in [2.45, 2.75) is 6.10 Å². The lowest BCUT2D eigenvalue weighted by atomic mass is 10.1. The number of benzene rings is 1. The highest BCUT2D eigenvalue weighted by Crippen LogP contribution is 2.32. The molecule has 17 heavy (non-hydrogen) atoms. The Balaban J connectivity index is 2.22. The minimum Gasteiger partial charge on any atom is -0.486 e. The van der Waals surface area contributed by atoms with Crippen LogP contribution in [0, 0.1) is 0 Å². The Hall–Kier alpha value is -1.27. The van der Waals surface area contributed by atoms with E-state index in [1.54, 1.807) is 18.2 Å². The molecule has 1 aliphatic heterocycles. The van der Waals surface area contributed by atoms with Gasteiger partial charge in [-0.15, -0.1) is 0 Å². The van der Waals surface area contributed by atoms with Crippen LogP contribution >= 0.6 is 0 Å². The topological polar surface area (TPSA) is 72.8 Å². The molecule has 1 aromatic carbocycles. The summed E-state index contributed by atoms with van der Waals surface area (Å²) in [5, 5.41) is 9.78. The third-order valence-corrected chi connectivity index (χ3v) is 3.33. The SMILES string of the molecule is CS(=O)(=O)CC(O)c1ccc2c(c1)OCCO2. The maximum absolute atomic E-state index is 11.1. The molecule has 0 fully saturated rings. The molecule has 6 heteroatoms. The van der Waals surface area contributed by atoms with E-state index in [1.165, 1.54) is 0 Å². The van der Waals surface area contributed by atoms with Crippen LogP contribution in [0.4, 0.5) is 0 Å². The van der Waals surface area contributed by atoms with Crippen LogP contribution in [0.3, 0.4) is 0 Å². The number of sulfone groups is 1. The van der Waals surface area contributed by atoms with Crippen molar-refractivity contribution in [1.29, 1.82) is 0 Å². The van der Waals surface area contributed by atoms with Crippen molar-refractivity contribution in [3.05, 3.63) is 23.8 Å². The summed E-state index contributed by atoms with van der Waals surface area (Å²) in [4.78, 5) is 0. The molecule has 0 amide bonds. The van der Waals surface area contributed by atoms with E-state index in [0.29, 0.717) is 30.3 Å². The third kappa shape index (κ3) is 3.10. The summed E-state index contributed by atoms with van der Waals surface area (Å²) < 4.78 is 32.9. The van der Waals surface area contributed by atoms with Gasteiger partial charge in [-0.25, -0.2) is 8.42 Å². The maximum atomic E-state index is 11.1. The molecule has 1 atom stereocenters. The first kappa shape index (κ1) is 12.2. The Morgan fingerprint density at radius 2 is 1.94 bits per heavy atom. The van der Waals surface area contributed by atoms with E-state index in [9.17, 15) is 13.5 Å². The zero-order valence-electron chi connectivity index (χ0n) is 9.42. The van der Waals surface area contributed by atoms with Gasteiger partial charge in [0.2, 0.25) is 0 Å². The second kappa shape index (κ2) is 4.54. The second-order valence-corrected chi connectivity index (χ2v) is 6.20. The zero-order valence-corrected chi connectivity index (χ0v) is 10.2. The maximum Gasteiger partial charge on any atom is 0.161 e. The highest BCUT2D eigenvalue weighted by atomic mass is 32.2. The first-order chi connectivity index (χ1) is 7.96. The molecule has 0 saturated carbocycles. The van der Waals surface area contributed by atoms with Gasteiger partial charge in [0.15, 0.2) is 11.5 Å². The molecule has 5 nitrogen and oxygen atoms in total. The summed E-state index contributed by atoms with van der Waals surface area (Å²) in [6.07, 6.45) is 0.0506. The molecule has 1 aliphatic rings. The minimum absolute atomic E-state index is 0.299. The molecule has 0 aliphatic carbocycles. The third-order valence-electron chi connectivity index (χ3n) is 2.41. The first-order valence-corrected chi connectivity index (χ1v) is 7.27. The molecule has 1 heterocycles. The van der Waals surface area contributed by atoms with E-state index in [2.05, 4.69) is 0 Å². The van der Waals surface area contributed by atoms with Crippen molar-refractivity contribution in [3.63, 3.8) is 0 Å². The van der Waals surface area contributed by atoms with Crippen LogP contribution < -0.4 is 9.47 Å². The molecule has 94 valence electrons. The molecule has 0 aromatic heterocycles. The Kier molecular flexibility index (Phi) is 3.26. The van der Waals surface area contributed by atoms with Gasteiger partial charge in [0, 0.05) is 6.26 Å². The van der Waals surface area contributed by atoms with Crippen molar-refractivity contribution in [2.75, 3.05) is 25.2 Å². The zero-order chi connectivity index (χ0) is 12.5. The summed E-state index contributed by atoms with van der Waals surface area (Å²) >= 11 is 0. The summed E-state index contributed by atoms with van der Waals surface area (Å²) in [5.41, 5.74) is 0.514. The molecule has 1 N–H and O–H groups in total. The highest BCUT2D eigenvalue weighted by molar-refractivity contribution is 7.90. The van der Waals surface area contributed by atoms with Crippen LogP contribution in [0.5, 0.6) is 11.5 Å². The summed E-state index contributed by atoms with van der Waals surface area (Å²) in [6.45, 7) is 0.955. The van der Waals surface area contributed by atoms with E-state index >= 15 is 0 Å². The normalized spacial score (nSPS) is 16.6. The predicted octanol–water partition coefficient (Wildman–Crippen LogP) is 0.536. The Morgan fingerprint density at radius 1 is 1.29 bits per heavy atom. The standard InChI is InChI=1S/C11H14O5S/c1-17(13,14)7-9(12)8-2-3-10-11(6-8)16-5-4-15-10/h2-3,6,9,12H,4-5,7H2,1H3. The molecular formula is C11H14O5S. The van der Waals surface area contributed by atoms with Crippen LogP contribution in [-0.2, 0) is 9.84 Å². The summed E-state index contributed by atoms with van der Waals surface area (Å²) in [6, 6.07) is 4.93. The van der Waals surface area contributed by atoms with Gasteiger partial charge >= 0.3 is 0 Å². The van der Waals surface area contributed by atoms with Gasteiger partial charge in [-0.2, -0.15) is 0 Å². The molecular weight excluding hydrogens is 244 g/mol. The number of rotatable bonds is 3. The number of fused-ring (bicyclic) bond motifs is 1. The largest absolute Gasteiger partial charge is 0.486 e. The van der Waals surface area contributed by atoms with Crippen LogP contribution in [0.2, 0.25) is 0 Å². The van der Waals surface area contributed by atoms with Crippen LogP contribution in [0.25, 0.3) is 0 Å². The van der Waals surface area contributed by atoms with E-state index < -0.39 is 15.9 Å². The lowest BCUT2D eigenvalue weighted by Crippen LogP contribution is -2.17. The van der Waals surface area contributed by atoms with Crippen molar-refractivity contribution in [3.8, 4) is 11.5 Å². The molecule has 2 rings (SSSR count). The quantitative estimate of drug-likeness (QED) is 0.856. The van der Waals surface area contributed by atoms with Gasteiger partial charge in [-0.3, -0.25) is 0 Å². The number of aliphatic hydroxyl groups excluding tert-OH is 1. The fourth-order valence-electron chi connectivity index (χ4n) is 1.65. The number of aliphatic hydroxyl groups is 1. The average Bonchev–Trinajstić information content (AvgIpc) is 2.26. The fraction of sp³-hybridized carbons (Fsp3) is 0.455. The lowest BCUT2D eigenvalue weighted by Gasteiger charge is -2.20. The number of ether oxygens (including phenoxy) is 2. The van der Waals surface area contributed by atoms with Crippen molar-refractivity contribution >= 4 is 9.84 Å². The second-order valence-electron chi connectivity index (χ2n) is 4.01. The molecule has 0 spiro atoms. The molecule has 0 saturated heterocycles. The van der Waals surface area contributed by atoms with Crippen molar-refractivity contribution in [2.24, 2.45) is 0 Å². The van der Waals surface area contributed by atoms with Gasteiger partial charge in [-0.1, -0.05) is 6.07 Å². The van der Waals surface area contributed by atoms with E-state index in [0.717, 1.165) is 6.26 Å². The first-order valence-electron chi connectivity index (χ1n) is 5.21. The van der Waals surface area contributed by atoms with Gasteiger partial charge in [0.25, 0.3) is 0 Å². The smallest absolute Gasteiger partial charge is 0.161 e. The number of hydrogen-bond donors (Lipinski definition) is 1. The van der Waals surface area contributed by atoms with Gasteiger partial charge in [0.05, 0.1) is 11.9 Å². The van der Waals surface area contributed by atoms with Crippen molar-refractivity contribution in [1.82, 2.24) is 0 Å². The van der Waals surface area contributed by atoms with Crippen LogP contribution in [0.15, 0.2) is 18.2 Å². The van der Waals surface area contributed by atoms with E-state index in [-0.39, 0.29) is 5.75 Å². The Labute approximate surface area is 99.9 Å². The molecule has 0 radical (unpaired) electrons. The van der Waals surface area contributed by atoms with Gasteiger partial charge in [0.1, 0.15) is 23.1 Å². The molecule has 1 unspecified atom stereocenters. The van der Waals surface area contributed by atoms with E-state index in [4.69, 9.17) is 9.47 Å². The van der Waals surface area contributed by atoms with Gasteiger partial charge in [-0.05, 0) is 17.7 Å². The van der Waals surface area contributed by atoms with Crippen LogP contribution in [-0.4, -0.2) is 38.7 Å². The summed E-state index contributed by atoms with van der Waals surface area (Å²) in [5.74, 6) is 0.861. The highest BCUT2D eigenvalue weighted by Gasteiger charge is 2.18. The lowest BCUT2D eigenvalue weighted by molar-refractivity contribution is 0.168. The minimum atomic E-state index is -3.21. The fourth-order valence-corrected chi connectivity index (χ4v) is 2.42. The Morgan fingerprint density at radius 3 is 2.59 bits per heavy atom. The predicted molar refractivity (Wildman–Crippen MR) is 62.1 cm³/mol.